The van der Waals surface area contributed by atoms with E-state index in [1.807, 2.05) is 30.3 Å². The molecule has 1 heterocycles. The zero-order valence-corrected chi connectivity index (χ0v) is 25.3. The monoisotopic (exact) mass is 631 g/mol. The summed E-state index contributed by atoms with van der Waals surface area (Å²) in [4.78, 5) is 53.3. The van der Waals surface area contributed by atoms with Gasteiger partial charge >= 0.3 is 0 Å². The maximum Gasteiger partial charge on any atom is 0.269 e. The Morgan fingerprint density at radius 1 is 0.842 bits per heavy atom. The molecule has 0 bridgehead atoms. The molecule has 9 nitrogen and oxygen atoms in total. The minimum absolute atomic E-state index is 0.163. The van der Waals surface area contributed by atoms with Gasteiger partial charge in [-0.15, -0.1) is 0 Å². The normalized spacial score (nSPS) is 12.4. The molecule has 1 aromatic heterocycles. The number of nitrogens with zero attached hydrogens (tertiary/aromatic N) is 1. The molecule has 0 radical (unpaired) electrons. The fraction of sp³-hybridized carbons (Fsp3) is 0.348. The maximum atomic E-state index is 12.9. The quantitative estimate of drug-likeness (QED) is 0.0975. The summed E-state index contributed by atoms with van der Waals surface area (Å²) < 4.78 is 0. The van der Waals surface area contributed by atoms with E-state index in [2.05, 4.69) is 40.9 Å². The summed E-state index contributed by atoms with van der Waals surface area (Å²) in [6.07, 6.45) is 1.38. The van der Waals surface area contributed by atoms with Gasteiger partial charge in [-0.3, -0.25) is 24.2 Å². The summed E-state index contributed by atoms with van der Waals surface area (Å²) >= 11 is 8.01. The van der Waals surface area contributed by atoms with E-state index in [-0.39, 0.29) is 33.3 Å². The Kier molecular flexibility index (Phi) is 15.7. The third-order valence-electron chi connectivity index (χ3n) is 4.69. The van der Waals surface area contributed by atoms with Gasteiger partial charge in [0.2, 0.25) is 10.2 Å². The Balaban J connectivity index is 1.98. The number of benzene rings is 1. The third kappa shape index (κ3) is 11.0. The minimum atomic E-state index is -0.621. The molecule has 2 atom stereocenters. The molecular weight excluding hydrogens is 603 g/mol. The standard InChI is InChI=1S/C23H29N5O4S6/c24-17(12-33)22(31)37-35-8-6-26-20(29)16-11-28-19(10-15(16)14-4-2-1-3-5-14)21(30)27-7-9-36-38-23(32)18(25)13-34/h1-5,10-11,17-18,33-34H,6-9,12-13,24-25H2,(H,26,29)(H,27,30)/t17-,18-/m0/s1. The van der Waals surface area contributed by atoms with Crippen molar-refractivity contribution >= 4 is 90.5 Å². The van der Waals surface area contributed by atoms with Gasteiger partial charge in [0, 0.05) is 42.3 Å². The molecule has 0 saturated heterocycles. The number of thiol groups is 2. The van der Waals surface area contributed by atoms with E-state index >= 15 is 0 Å². The predicted octanol–water partition coefficient (Wildman–Crippen LogP) is 2.54. The van der Waals surface area contributed by atoms with E-state index in [4.69, 9.17) is 11.5 Å². The molecule has 0 aliphatic heterocycles. The van der Waals surface area contributed by atoms with Crippen molar-refractivity contribution in [2.24, 2.45) is 11.5 Å². The lowest BCUT2D eigenvalue weighted by atomic mass is 10.00. The molecule has 0 aliphatic carbocycles. The van der Waals surface area contributed by atoms with Crippen LogP contribution < -0.4 is 22.1 Å². The van der Waals surface area contributed by atoms with Crippen molar-refractivity contribution in [2.45, 2.75) is 12.1 Å². The Hall–Kier alpha value is -1.33. The molecule has 15 heteroatoms. The Bertz CT molecular complexity index is 1100. The number of nitrogens with two attached hydrogens (primary N) is 2. The second kappa shape index (κ2) is 18.1. The maximum absolute atomic E-state index is 12.9. The second-order valence-electron chi connectivity index (χ2n) is 7.52. The van der Waals surface area contributed by atoms with Crippen LogP contribution in [-0.2, 0) is 9.59 Å². The predicted molar refractivity (Wildman–Crippen MR) is 168 cm³/mol. The van der Waals surface area contributed by atoms with Gasteiger partial charge in [0.25, 0.3) is 11.8 Å². The van der Waals surface area contributed by atoms with Crippen LogP contribution in [-0.4, -0.2) is 75.2 Å². The first-order chi connectivity index (χ1) is 18.3. The van der Waals surface area contributed by atoms with Gasteiger partial charge in [-0.2, -0.15) is 25.3 Å². The van der Waals surface area contributed by atoms with Gasteiger partial charge in [0.05, 0.1) is 17.6 Å². The van der Waals surface area contributed by atoms with Gasteiger partial charge in [-0.1, -0.05) is 51.9 Å². The van der Waals surface area contributed by atoms with Crippen molar-refractivity contribution in [3.63, 3.8) is 0 Å². The molecule has 0 fully saturated rings. The van der Waals surface area contributed by atoms with E-state index < -0.39 is 18.0 Å². The van der Waals surface area contributed by atoms with E-state index in [1.54, 1.807) is 6.07 Å². The molecule has 1 aromatic carbocycles. The van der Waals surface area contributed by atoms with Crippen molar-refractivity contribution in [1.29, 1.82) is 0 Å². The molecule has 206 valence electrons. The highest BCUT2D eigenvalue weighted by Gasteiger charge is 2.18. The van der Waals surface area contributed by atoms with Crippen LogP contribution in [0.25, 0.3) is 11.1 Å². The lowest BCUT2D eigenvalue weighted by Gasteiger charge is -2.12. The molecule has 38 heavy (non-hydrogen) atoms. The number of rotatable bonds is 15. The van der Waals surface area contributed by atoms with E-state index in [9.17, 15) is 19.2 Å². The molecule has 2 amide bonds. The smallest absolute Gasteiger partial charge is 0.269 e. The number of hydrogen-bond donors (Lipinski definition) is 6. The number of carbonyl (C=O) groups excluding carboxylic acids is 4. The molecular formula is C23H29N5O4S6. The van der Waals surface area contributed by atoms with Crippen molar-refractivity contribution in [1.82, 2.24) is 15.6 Å². The highest BCUT2D eigenvalue weighted by molar-refractivity contribution is 8.82. The SMILES string of the molecule is N[C@@H](CS)C(=O)SSCCNC(=O)c1cc(-c2ccccc2)c(C(=O)NCCSSC(=O)[C@@H](N)CS)cn1. The molecule has 0 unspecified atom stereocenters. The summed E-state index contributed by atoms with van der Waals surface area (Å²) in [5.41, 5.74) is 13.1. The molecule has 0 aliphatic rings. The van der Waals surface area contributed by atoms with Gasteiger partial charge in [0.1, 0.15) is 5.69 Å². The third-order valence-corrected chi connectivity index (χ3v) is 10.1. The lowest BCUT2D eigenvalue weighted by Crippen LogP contribution is -2.30. The van der Waals surface area contributed by atoms with Crippen LogP contribution in [0.1, 0.15) is 20.8 Å². The zero-order chi connectivity index (χ0) is 27.9. The van der Waals surface area contributed by atoms with Crippen LogP contribution >= 0.6 is 68.4 Å². The van der Waals surface area contributed by atoms with Crippen LogP contribution in [0.2, 0.25) is 0 Å². The Morgan fingerprint density at radius 2 is 1.37 bits per heavy atom. The summed E-state index contributed by atoms with van der Waals surface area (Å²) in [6.45, 7) is 0.648. The summed E-state index contributed by atoms with van der Waals surface area (Å²) in [7, 11) is 4.68. The number of nitrogens with one attached hydrogen (secondary N) is 2. The first kappa shape index (κ1) is 32.9. The minimum Gasteiger partial charge on any atom is -0.351 e. The number of carbonyl (C=O) groups is 4. The first-order valence-corrected chi connectivity index (χ1v) is 17.2. The first-order valence-electron chi connectivity index (χ1n) is 11.3. The van der Waals surface area contributed by atoms with Crippen molar-refractivity contribution in [2.75, 3.05) is 36.1 Å². The largest absolute Gasteiger partial charge is 0.351 e. The summed E-state index contributed by atoms with van der Waals surface area (Å²) in [5.74, 6) is 0.809. The van der Waals surface area contributed by atoms with Gasteiger partial charge in [-0.05, 0) is 38.8 Å². The van der Waals surface area contributed by atoms with Crippen LogP contribution in [0, 0.1) is 0 Å². The fourth-order valence-corrected chi connectivity index (χ4v) is 6.89. The summed E-state index contributed by atoms with van der Waals surface area (Å²) in [5, 5.41) is 5.27. The highest BCUT2D eigenvalue weighted by Crippen LogP contribution is 2.26. The average molecular weight is 632 g/mol. The van der Waals surface area contributed by atoms with Crippen LogP contribution in [0.5, 0.6) is 0 Å². The Morgan fingerprint density at radius 3 is 1.89 bits per heavy atom. The van der Waals surface area contributed by atoms with Crippen molar-refractivity contribution in [3.05, 3.63) is 53.9 Å². The molecule has 6 N–H and O–H groups in total. The number of aromatic nitrogens is 1. The fourth-order valence-electron chi connectivity index (χ4n) is 2.69. The zero-order valence-electron chi connectivity index (χ0n) is 20.2. The van der Waals surface area contributed by atoms with Crippen LogP contribution in [0.15, 0.2) is 42.6 Å². The van der Waals surface area contributed by atoms with Crippen molar-refractivity contribution in [3.8, 4) is 11.1 Å². The van der Waals surface area contributed by atoms with Crippen LogP contribution in [0.4, 0.5) is 0 Å². The Labute approximate surface area is 248 Å². The summed E-state index contributed by atoms with van der Waals surface area (Å²) in [6, 6.07) is 9.57. The lowest BCUT2D eigenvalue weighted by molar-refractivity contribution is -0.112. The van der Waals surface area contributed by atoms with E-state index in [0.29, 0.717) is 35.7 Å². The second-order valence-corrected chi connectivity index (χ2v) is 13.1. The topological polar surface area (TPSA) is 157 Å². The molecule has 2 aromatic rings. The van der Waals surface area contributed by atoms with Gasteiger partial charge in [-0.25, -0.2) is 0 Å². The average Bonchev–Trinajstić information content (AvgIpc) is 2.95. The number of pyridine rings is 1. The van der Waals surface area contributed by atoms with E-state index in [0.717, 1.165) is 27.2 Å². The highest BCUT2D eigenvalue weighted by atomic mass is 33.1. The van der Waals surface area contributed by atoms with Crippen LogP contribution in [0.3, 0.4) is 0 Å². The number of amides is 2. The van der Waals surface area contributed by atoms with Crippen molar-refractivity contribution < 1.29 is 19.2 Å². The number of hydrogen-bond acceptors (Lipinski definition) is 13. The van der Waals surface area contributed by atoms with E-state index in [1.165, 1.54) is 27.8 Å². The van der Waals surface area contributed by atoms with Gasteiger partial charge < -0.3 is 22.1 Å². The molecule has 0 saturated carbocycles. The molecule has 0 spiro atoms. The molecule has 2 rings (SSSR count). The van der Waals surface area contributed by atoms with Gasteiger partial charge in [0.15, 0.2) is 0 Å².